The molecule has 0 aliphatic carbocycles. The second-order valence-electron chi connectivity index (χ2n) is 5.27. The van der Waals surface area contributed by atoms with Gasteiger partial charge < -0.3 is 9.63 Å². The number of hydrogen-bond acceptors (Lipinski definition) is 3. The zero-order chi connectivity index (χ0) is 15.7. The Hall–Kier alpha value is -2.46. The lowest BCUT2D eigenvalue weighted by atomic mass is 9.96. The molecular weight excluding hydrogens is 281 g/mol. The highest BCUT2D eigenvalue weighted by Crippen LogP contribution is 2.35. The first kappa shape index (κ1) is 14.5. The summed E-state index contributed by atoms with van der Waals surface area (Å²) in [7, 11) is 0. The second-order valence-corrected chi connectivity index (χ2v) is 5.27. The Labute approximate surface area is 128 Å². The van der Waals surface area contributed by atoms with E-state index in [9.17, 15) is 9.50 Å². The molecule has 0 radical (unpaired) electrons. The summed E-state index contributed by atoms with van der Waals surface area (Å²) in [6.45, 7) is 3.74. The molecule has 3 rings (SSSR count). The minimum absolute atomic E-state index is 0.224. The quantitative estimate of drug-likeness (QED) is 0.786. The molecule has 0 atom stereocenters. The molecule has 1 heterocycles. The van der Waals surface area contributed by atoms with Gasteiger partial charge in [-0.1, -0.05) is 35.5 Å². The first-order valence-corrected chi connectivity index (χ1v) is 7.03. The van der Waals surface area contributed by atoms with Gasteiger partial charge >= 0.3 is 0 Å². The van der Waals surface area contributed by atoms with Gasteiger partial charge in [-0.25, -0.2) is 4.39 Å². The summed E-state index contributed by atoms with van der Waals surface area (Å²) in [6, 6.07) is 12.0. The molecule has 0 unspecified atom stereocenters. The molecule has 22 heavy (non-hydrogen) atoms. The van der Waals surface area contributed by atoms with E-state index in [0.29, 0.717) is 22.6 Å². The molecule has 0 fully saturated rings. The van der Waals surface area contributed by atoms with Gasteiger partial charge in [0.25, 0.3) is 0 Å². The number of rotatable bonds is 3. The summed E-state index contributed by atoms with van der Waals surface area (Å²) in [5, 5.41) is 13.8. The number of hydrogen-bond donors (Lipinski definition) is 1. The van der Waals surface area contributed by atoms with E-state index in [-0.39, 0.29) is 12.4 Å². The van der Waals surface area contributed by atoms with Crippen LogP contribution in [-0.2, 0) is 6.61 Å². The Morgan fingerprint density at radius 3 is 2.41 bits per heavy atom. The van der Waals surface area contributed by atoms with Gasteiger partial charge in [0.05, 0.1) is 12.2 Å². The van der Waals surface area contributed by atoms with Crippen molar-refractivity contribution in [1.29, 1.82) is 0 Å². The van der Waals surface area contributed by atoms with Crippen molar-refractivity contribution in [3.8, 4) is 22.6 Å². The van der Waals surface area contributed by atoms with Gasteiger partial charge in [-0.2, -0.15) is 0 Å². The van der Waals surface area contributed by atoms with Crippen LogP contribution in [0.2, 0.25) is 0 Å². The lowest BCUT2D eigenvalue weighted by molar-refractivity contribution is 0.281. The SMILES string of the molecule is Cc1cccc(C)c1-c1onc(-c2cccc(F)c2)c1CO. The van der Waals surface area contributed by atoms with Crippen molar-refractivity contribution in [3.63, 3.8) is 0 Å². The number of nitrogens with zero attached hydrogens (tertiary/aromatic N) is 1. The molecule has 112 valence electrons. The molecule has 0 bridgehead atoms. The summed E-state index contributed by atoms with van der Waals surface area (Å²) in [4.78, 5) is 0. The Morgan fingerprint density at radius 2 is 1.77 bits per heavy atom. The topological polar surface area (TPSA) is 46.3 Å². The molecule has 0 amide bonds. The minimum Gasteiger partial charge on any atom is -0.391 e. The fourth-order valence-corrected chi connectivity index (χ4v) is 2.69. The predicted molar refractivity (Wildman–Crippen MR) is 82.7 cm³/mol. The van der Waals surface area contributed by atoms with Crippen LogP contribution in [0.1, 0.15) is 16.7 Å². The predicted octanol–water partition coefficient (Wildman–Crippen LogP) is 4.26. The van der Waals surface area contributed by atoms with Crippen LogP contribution in [0.15, 0.2) is 47.0 Å². The highest BCUT2D eigenvalue weighted by atomic mass is 19.1. The molecule has 4 heteroatoms. The normalized spacial score (nSPS) is 10.9. The second kappa shape index (κ2) is 5.73. The van der Waals surface area contributed by atoms with Gasteiger partial charge in [0.2, 0.25) is 0 Å². The van der Waals surface area contributed by atoms with Crippen molar-refractivity contribution >= 4 is 0 Å². The van der Waals surface area contributed by atoms with E-state index < -0.39 is 0 Å². The number of benzene rings is 2. The van der Waals surface area contributed by atoms with Gasteiger partial charge in [-0.3, -0.25) is 0 Å². The van der Waals surface area contributed by atoms with Gasteiger partial charge in [-0.05, 0) is 37.1 Å². The van der Waals surface area contributed by atoms with Gasteiger partial charge in [0, 0.05) is 11.1 Å². The van der Waals surface area contributed by atoms with Crippen LogP contribution >= 0.6 is 0 Å². The Kier molecular flexibility index (Phi) is 3.77. The molecule has 3 aromatic rings. The molecule has 0 saturated carbocycles. The lowest BCUT2D eigenvalue weighted by Crippen LogP contribution is -1.93. The smallest absolute Gasteiger partial charge is 0.173 e. The maximum Gasteiger partial charge on any atom is 0.173 e. The standard InChI is InChI=1S/C18H16FNO2/c1-11-5-3-6-12(2)16(11)18-15(10-21)17(20-22-18)13-7-4-8-14(19)9-13/h3-9,21H,10H2,1-2H3. The summed E-state index contributed by atoms with van der Waals surface area (Å²) >= 11 is 0. The first-order valence-electron chi connectivity index (χ1n) is 7.03. The molecule has 0 spiro atoms. The minimum atomic E-state index is -0.349. The average molecular weight is 297 g/mol. The summed E-state index contributed by atoms with van der Waals surface area (Å²) in [5.74, 6) is 0.190. The van der Waals surface area contributed by atoms with Crippen molar-refractivity contribution < 1.29 is 14.0 Å². The third-order valence-corrected chi connectivity index (χ3v) is 3.75. The zero-order valence-corrected chi connectivity index (χ0v) is 12.4. The molecule has 2 aromatic carbocycles. The molecule has 0 saturated heterocycles. The van der Waals surface area contributed by atoms with Crippen LogP contribution in [0.4, 0.5) is 4.39 Å². The number of aryl methyl sites for hydroxylation is 2. The van der Waals surface area contributed by atoms with Crippen LogP contribution in [0.25, 0.3) is 22.6 Å². The van der Waals surface area contributed by atoms with Crippen LogP contribution in [0, 0.1) is 19.7 Å². The van der Waals surface area contributed by atoms with Crippen molar-refractivity contribution in [1.82, 2.24) is 5.16 Å². The highest BCUT2D eigenvalue weighted by Gasteiger charge is 2.21. The van der Waals surface area contributed by atoms with E-state index in [1.165, 1.54) is 12.1 Å². The summed E-state index contributed by atoms with van der Waals surface area (Å²) < 4.78 is 18.9. The van der Waals surface area contributed by atoms with E-state index in [0.717, 1.165) is 16.7 Å². The highest BCUT2D eigenvalue weighted by molar-refractivity contribution is 5.75. The van der Waals surface area contributed by atoms with Crippen molar-refractivity contribution in [2.75, 3.05) is 0 Å². The van der Waals surface area contributed by atoms with Crippen molar-refractivity contribution in [3.05, 3.63) is 65.0 Å². The maximum absolute atomic E-state index is 13.4. The summed E-state index contributed by atoms with van der Waals surface area (Å²) in [5.41, 5.74) is 4.63. The van der Waals surface area contributed by atoms with Crippen LogP contribution in [-0.4, -0.2) is 10.3 Å². The average Bonchev–Trinajstić information content (AvgIpc) is 2.90. The molecule has 0 aliphatic heterocycles. The van der Waals surface area contributed by atoms with Crippen LogP contribution in [0.3, 0.4) is 0 Å². The van der Waals surface area contributed by atoms with Crippen molar-refractivity contribution in [2.45, 2.75) is 20.5 Å². The van der Waals surface area contributed by atoms with E-state index in [2.05, 4.69) is 5.16 Å². The Morgan fingerprint density at radius 1 is 1.09 bits per heavy atom. The van der Waals surface area contributed by atoms with E-state index >= 15 is 0 Å². The lowest BCUT2D eigenvalue weighted by Gasteiger charge is -2.08. The van der Waals surface area contributed by atoms with E-state index in [4.69, 9.17) is 4.52 Å². The largest absolute Gasteiger partial charge is 0.391 e. The molecule has 3 nitrogen and oxygen atoms in total. The van der Waals surface area contributed by atoms with Gasteiger partial charge in [0.15, 0.2) is 5.76 Å². The number of aromatic nitrogens is 1. The summed E-state index contributed by atoms with van der Waals surface area (Å²) in [6.07, 6.45) is 0. The molecule has 0 aliphatic rings. The molecule has 1 N–H and O–H groups in total. The van der Waals surface area contributed by atoms with Crippen LogP contribution < -0.4 is 0 Å². The number of aliphatic hydroxyl groups excluding tert-OH is 1. The Balaban J connectivity index is 2.20. The maximum atomic E-state index is 13.4. The molecule has 1 aromatic heterocycles. The number of aliphatic hydroxyl groups is 1. The van der Waals surface area contributed by atoms with Gasteiger partial charge in [0.1, 0.15) is 11.5 Å². The van der Waals surface area contributed by atoms with Crippen molar-refractivity contribution in [2.24, 2.45) is 0 Å². The Bertz CT molecular complexity index is 803. The third kappa shape index (κ3) is 2.42. The van der Waals surface area contributed by atoms with Gasteiger partial charge in [-0.15, -0.1) is 0 Å². The fraction of sp³-hybridized carbons (Fsp3) is 0.167. The van der Waals surface area contributed by atoms with E-state index in [1.807, 2.05) is 32.0 Å². The fourth-order valence-electron chi connectivity index (χ4n) is 2.69. The monoisotopic (exact) mass is 297 g/mol. The van der Waals surface area contributed by atoms with Crippen LogP contribution in [0.5, 0.6) is 0 Å². The first-order chi connectivity index (χ1) is 10.6. The number of halogens is 1. The molecular formula is C18H16FNO2. The van der Waals surface area contributed by atoms with E-state index in [1.54, 1.807) is 12.1 Å². The zero-order valence-electron chi connectivity index (χ0n) is 12.4. The third-order valence-electron chi connectivity index (χ3n) is 3.75.